The molecule has 0 saturated carbocycles. The number of hydrogen-bond donors (Lipinski definition) is 1. The molecule has 0 bridgehead atoms. The van der Waals surface area contributed by atoms with E-state index in [1.54, 1.807) is 44.2 Å². The molecule has 1 aromatic carbocycles. The summed E-state index contributed by atoms with van der Waals surface area (Å²) in [7, 11) is 0. The quantitative estimate of drug-likeness (QED) is 0.308. The van der Waals surface area contributed by atoms with Crippen molar-refractivity contribution in [1.82, 2.24) is 5.32 Å². The van der Waals surface area contributed by atoms with Crippen molar-refractivity contribution in [2.24, 2.45) is 0 Å². The molecular weight excluding hydrogens is 366 g/mol. The third-order valence-corrected chi connectivity index (χ3v) is 3.40. The molecule has 0 heterocycles. The van der Waals surface area contributed by atoms with Gasteiger partial charge < -0.3 is 19.5 Å². The molecule has 1 N–H and O–H groups in total. The van der Waals surface area contributed by atoms with Gasteiger partial charge in [0, 0.05) is 6.92 Å². The van der Waals surface area contributed by atoms with Crippen molar-refractivity contribution in [3.63, 3.8) is 0 Å². The fraction of sp³-hybridized carbons (Fsp3) is 0.400. The third-order valence-electron chi connectivity index (χ3n) is 3.40. The van der Waals surface area contributed by atoms with Gasteiger partial charge in [-0.25, -0.2) is 14.4 Å². The molecule has 0 saturated heterocycles. The summed E-state index contributed by atoms with van der Waals surface area (Å²) in [6.45, 7) is 4.04. The van der Waals surface area contributed by atoms with Crippen molar-refractivity contribution in [3.8, 4) is 11.8 Å². The molecule has 1 rings (SSSR count). The van der Waals surface area contributed by atoms with E-state index in [0.29, 0.717) is 5.56 Å². The minimum absolute atomic E-state index is 0.00168. The zero-order chi connectivity index (χ0) is 21.0. The van der Waals surface area contributed by atoms with Crippen LogP contribution in [0.2, 0.25) is 0 Å². The Morgan fingerprint density at radius 1 is 0.929 bits per heavy atom. The molecule has 0 aliphatic rings. The fourth-order valence-electron chi connectivity index (χ4n) is 2.19. The van der Waals surface area contributed by atoms with E-state index in [1.807, 2.05) is 0 Å². The van der Waals surface area contributed by atoms with Crippen molar-refractivity contribution < 1.29 is 33.4 Å². The number of rotatable bonds is 8. The Kier molecular flexibility index (Phi) is 9.23. The van der Waals surface area contributed by atoms with Crippen LogP contribution in [0.4, 0.5) is 0 Å². The number of carbonyl (C=O) groups is 4. The molecule has 0 aliphatic carbocycles. The molecular formula is C20H23NO7. The second kappa shape index (κ2) is 11.4. The van der Waals surface area contributed by atoms with Crippen LogP contribution in [0.15, 0.2) is 30.3 Å². The van der Waals surface area contributed by atoms with E-state index in [1.165, 1.54) is 0 Å². The van der Waals surface area contributed by atoms with E-state index < -0.39 is 35.8 Å². The number of benzene rings is 1. The smallest absolute Gasteiger partial charge is 0.344 e. The highest BCUT2D eigenvalue weighted by Crippen LogP contribution is 2.16. The van der Waals surface area contributed by atoms with E-state index in [2.05, 4.69) is 17.2 Å². The molecule has 0 aromatic heterocycles. The van der Waals surface area contributed by atoms with Gasteiger partial charge in [0.2, 0.25) is 11.4 Å². The van der Waals surface area contributed by atoms with Gasteiger partial charge in [-0.15, -0.1) is 0 Å². The van der Waals surface area contributed by atoms with Crippen LogP contribution in [0.5, 0.6) is 0 Å². The van der Waals surface area contributed by atoms with E-state index >= 15 is 0 Å². The van der Waals surface area contributed by atoms with Crippen LogP contribution >= 0.6 is 0 Å². The number of hydrogen-bond acceptors (Lipinski definition) is 7. The van der Waals surface area contributed by atoms with Crippen molar-refractivity contribution >= 4 is 23.8 Å². The summed E-state index contributed by atoms with van der Waals surface area (Å²) >= 11 is 0. The molecule has 0 fully saturated rings. The zero-order valence-electron chi connectivity index (χ0n) is 16.1. The molecule has 1 aromatic rings. The summed E-state index contributed by atoms with van der Waals surface area (Å²) in [6, 6.07) is 8.35. The largest absolute Gasteiger partial charge is 0.464 e. The third kappa shape index (κ3) is 6.43. The Morgan fingerprint density at radius 2 is 1.50 bits per heavy atom. The highest BCUT2D eigenvalue weighted by molar-refractivity contribution is 6.08. The highest BCUT2D eigenvalue weighted by atomic mass is 16.6. The molecule has 8 nitrogen and oxygen atoms in total. The van der Waals surface area contributed by atoms with Crippen molar-refractivity contribution in [2.75, 3.05) is 19.8 Å². The molecule has 0 unspecified atom stereocenters. The summed E-state index contributed by atoms with van der Waals surface area (Å²) < 4.78 is 14.9. The van der Waals surface area contributed by atoms with Gasteiger partial charge >= 0.3 is 17.9 Å². The van der Waals surface area contributed by atoms with E-state index in [4.69, 9.17) is 14.2 Å². The average Bonchev–Trinajstić information content (AvgIpc) is 2.67. The molecule has 150 valence electrons. The maximum Gasteiger partial charge on any atom is 0.344 e. The Hall–Kier alpha value is -3.34. The van der Waals surface area contributed by atoms with Gasteiger partial charge in [0.15, 0.2) is 6.61 Å². The van der Waals surface area contributed by atoms with Gasteiger partial charge in [-0.3, -0.25) is 4.79 Å². The van der Waals surface area contributed by atoms with Crippen LogP contribution < -0.4 is 5.32 Å². The maximum atomic E-state index is 12.4. The van der Waals surface area contributed by atoms with Gasteiger partial charge in [0.1, 0.15) is 0 Å². The summed E-state index contributed by atoms with van der Waals surface area (Å²) in [4.78, 5) is 48.2. The lowest BCUT2D eigenvalue weighted by molar-refractivity contribution is -0.167. The predicted molar refractivity (Wildman–Crippen MR) is 98.9 cm³/mol. The van der Waals surface area contributed by atoms with Crippen LogP contribution in [-0.4, -0.2) is 49.2 Å². The normalized spacial score (nSPS) is 10.1. The summed E-state index contributed by atoms with van der Waals surface area (Å²) in [5, 5.41) is 2.29. The van der Waals surface area contributed by atoms with Crippen LogP contribution in [0.3, 0.4) is 0 Å². The fourth-order valence-corrected chi connectivity index (χ4v) is 2.19. The molecule has 8 heteroatoms. The Labute approximate surface area is 163 Å². The molecule has 0 atom stereocenters. The van der Waals surface area contributed by atoms with Crippen LogP contribution in [0, 0.1) is 11.8 Å². The Morgan fingerprint density at radius 3 is 2.00 bits per heavy atom. The number of ether oxygens (including phenoxy) is 3. The lowest BCUT2D eigenvalue weighted by Crippen LogP contribution is -2.61. The van der Waals surface area contributed by atoms with Gasteiger partial charge in [-0.2, -0.15) is 0 Å². The maximum absolute atomic E-state index is 12.4. The van der Waals surface area contributed by atoms with E-state index in [-0.39, 0.29) is 19.8 Å². The second-order valence-electron chi connectivity index (χ2n) is 5.50. The van der Waals surface area contributed by atoms with Gasteiger partial charge in [-0.1, -0.05) is 30.0 Å². The first kappa shape index (κ1) is 22.7. The molecule has 0 aliphatic heterocycles. The van der Waals surface area contributed by atoms with Gasteiger partial charge in [0.05, 0.1) is 25.2 Å². The minimum atomic E-state index is -2.09. The Bertz CT molecular complexity index is 744. The van der Waals surface area contributed by atoms with Gasteiger partial charge in [-0.05, 0) is 26.0 Å². The van der Waals surface area contributed by atoms with Crippen molar-refractivity contribution in [1.29, 1.82) is 0 Å². The van der Waals surface area contributed by atoms with Crippen molar-refractivity contribution in [2.45, 2.75) is 32.7 Å². The predicted octanol–water partition coefficient (Wildman–Crippen LogP) is 1.24. The summed E-state index contributed by atoms with van der Waals surface area (Å²) in [6.07, 6.45) is -0.396. The molecule has 0 spiro atoms. The van der Waals surface area contributed by atoms with Crippen LogP contribution in [0.1, 0.15) is 37.6 Å². The lowest BCUT2D eigenvalue weighted by Gasteiger charge is -2.27. The molecule has 28 heavy (non-hydrogen) atoms. The number of nitrogens with one attached hydrogen (secondary N) is 1. The number of amides is 1. The average molecular weight is 389 g/mol. The first-order valence-electron chi connectivity index (χ1n) is 8.68. The SMILES string of the molecule is CCOC(=O)C(CC#CCOC(=O)c1ccccc1)(NC(C)=O)C(=O)OCC. The number of carbonyl (C=O) groups excluding carboxylic acids is 4. The highest BCUT2D eigenvalue weighted by Gasteiger charge is 2.49. The zero-order valence-corrected chi connectivity index (χ0v) is 16.1. The van der Waals surface area contributed by atoms with Gasteiger partial charge in [0.25, 0.3) is 0 Å². The monoisotopic (exact) mass is 389 g/mol. The molecule has 1 amide bonds. The minimum Gasteiger partial charge on any atom is -0.464 e. The lowest BCUT2D eigenvalue weighted by atomic mass is 9.95. The Balaban J connectivity index is 2.90. The van der Waals surface area contributed by atoms with Crippen molar-refractivity contribution in [3.05, 3.63) is 35.9 Å². The molecule has 0 radical (unpaired) electrons. The summed E-state index contributed by atoms with van der Waals surface area (Å²) in [5.41, 5.74) is -1.72. The van der Waals surface area contributed by atoms with Crippen LogP contribution in [0.25, 0.3) is 0 Å². The summed E-state index contributed by atoms with van der Waals surface area (Å²) in [5.74, 6) is 1.99. The van der Waals surface area contributed by atoms with E-state index in [9.17, 15) is 19.2 Å². The standard InChI is InChI=1S/C20H23NO7/c1-4-26-18(24)20(21-15(3)22,19(25)27-5-2)13-9-10-14-28-17(23)16-11-7-6-8-12-16/h6-8,11-12H,4-5,13-14H2,1-3H3,(H,21,22). The van der Waals surface area contributed by atoms with Crippen LogP contribution in [-0.2, 0) is 28.6 Å². The first-order chi connectivity index (χ1) is 13.4. The topological polar surface area (TPSA) is 108 Å². The second-order valence-corrected chi connectivity index (χ2v) is 5.50. The number of esters is 3. The first-order valence-corrected chi connectivity index (χ1v) is 8.68. The van der Waals surface area contributed by atoms with E-state index in [0.717, 1.165) is 6.92 Å².